The first-order chi connectivity index (χ1) is 13.0. The van der Waals surface area contributed by atoms with Crippen molar-refractivity contribution in [1.82, 2.24) is 24.4 Å². The summed E-state index contributed by atoms with van der Waals surface area (Å²) in [7, 11) is 2.94. The minimum Gasteiger partial charge on any atom is -0.488 e. The number of hydrogen-bond acceptors (Lipinski definition) is 5. The standard InChI is InChI=1S/C18H17N5O4/c1-22-15-14(17(25)23(2)18(22)26)20-13(21-15)8-19-16(24)11-7-10-5-3-4-6-12(10)27-9-11/h3-7H,8-9H2,1-2H3,(H,19,24)(H,20,21). The quantitative estimate of drug-likeness (QED) is 0.680. The maximum atomic E-state index is 12.4. The largest absolute Gasteiger partial charge is 0.488 e. The maximum absolute atomic E-state index is 12.4. The first-order valence-electron chi connectivity index (χ1n) is 8.31. The molecule has 0 atom stereocenters. The highest BCUT2D eigenvalue weighted by Gasteiger charge is 2.18. The van der Waals surface area contributed by atoms with Crippen LogP contribution in [0, 0.1) is 0 Å². The molecule has 9 nitrogen and oxygen atoms in total. The summed E-state index contributed by atoms with van der Waals surface area (Å²) in [6, 6.07) is 7.46. The van der Waals surface area contributed by atoms with Crippen molar-refractivity contribution in [3.05, 3.63) is 62.1 Å². The van der Waals surface area contributed by atoms with Gasteiger partial charge in [0.15, 0.2) is 5.65 Å². The molecule has 138 valence electrons. The lowest BCUT2D eigenvalue weighted by molar-refractivity contribution is -0.118. The second-order valence-electron chi connectivity index (χ2n) is 6.27. The summed E-state index contributed by atoms with van der Waals surface area (Å²) in [5, 5.41) is 2.75. The Morgan fingerprint density at radius 2 is 2.04 bits per heavy atom. The lowest BCUT2D eigenvalue weighted by atomic mass is 10.1. The van der Waals surface area contributed by atoms with Crippen molar-refractivity contribution in [2.24, 2.45) is 14.1 Å². The smallest absolute Gasteiger partial charge is 0.332 e. The number of nitrogens with one attached hydrogen (secondary N) is 2. The SMILES string of the molecule is Cn1c(=O)c2[nH]c(CNC(=O)C3=Cc4ccccc4OC3)nc2n(C)c1=O. The number of H-pyrrole nitrogens is 1. The Kier molecular flexibility index (Phi) is 3.91. The van der Waals surface area contributed by atoms with Gasteiger partial charge in [-0.25, -0.2) is 9.78 Å². The van der Waals surface area contributed by atoms with Crippen LogP contribution < -0.4 is 21.3 Å². The summed E-state index contributed by atoms with van der Waals surface area (Å²) in [5.74, 6) is 0.837. The van der Waals surface area contributed by atoms with Crippen LogP contribution in [0.1, 0.15) is 11.4 Å². The predicted octanol–water partition coefficient (Wildman–Crippen LogP) is 0.0525. The number of imidazole rings is 1. The van der Waals surface area contributed by atoms with Gasteiger partial charge >= 0.3 is 5.69 Å². The number of rotatable bonds is 3. The van der Waals surface area contributed by atoms with E-state index < -0.39 is 11.2 Å². The molecule has 3 heterocycles. The third-order valence-electron chi connectivity index (χ3n) is 4.48. The number of amides is 1. The van der Waals surface area contributed by atoms with E-state index in [1.807, 2.05) is 24.3 Å². The zero-order valence-corrected chi connectivity index (χ0v) is 14.8. The van der Waals surface area contributed by atoms with Crippen LogP contribution in [0.3, 0.4) is 0 Å². The number of aromatic nitrogens is 4. The molecule has 0 radical (unpaired) electrons. The highest BCUT2D eigenvalue weighted by Crippen LogP contribution is 2.25. The van der Waals surface area contributed by atoms with Crippen molar-refractivity contribution in [2.45, 2.75) is 6.54 Å². The van der Waals surface area contributed by atoms with Gasteiger partial charge in [-0.15, -0.1) is 0 Å². The van der Waals surface area contributed by atoms with E-state index in [1.54, 1.807) is 6.08 Å². The molecular weight excluding hydrogens is 350 g/mol. The fourth-order valence-corrected chi connectivity index (χ4v) is 2.98. The van der Waals surface area contributed by atoms with Crippen LogP contribution >= 0.6 is 0 Å². The third-order valence-corrected chi connectivity index (χ3v) is 4.48. The van der Waals surface area contributed by atoms with Crippen molar-refractivity contribution in [3.8, 4) is 5.75 Å². The molecule has 1 aromatic carbocycles. The number of aryl methyl sites for hydroxylation is 1. The van der Waals surface area contributed by atoms with Gasteiger partial charge in [0.05, 0.1) is 12.1 Å². The van der Waals surface area contributed by atoms with Gasteiger partial charge in [-0.1, -0.05) is 18.2 Å². The average molecular weight is 367 g/mol. The van der Waals surface area contributed by atoms with E-state index in [9.17, 15) is 14.4 Å². The Bertz CT molecular complexity index is 1210. The van der Waals surface area contributed by atoms with Crippen LogP contribution in [0.15, 0.2) is 39.4 Å². The fourth-order valence-electron chi connectivity index (χ4n) is 2.98. The van der Waals surface area contributed by atoms with Crippen LogP contribution in [0.25, 0.3) is 17.2 Å². The minimum absolute atomic E-state index is 0.0871. The molecule has 4 rings (SSSR count). The number of benzene rings is 1. The summed E-state index contributed by atoms with van der Waals surface area (Å²) in [5.41, 5.74) is 0.889. The van der Waals surface area contributed by atoms with Gasteiger partial charge < -0.3 is 15.0 Å². The molecule has 0 fully saturated rings. The normalized spacial score (nSPS) is 13.0. The van der Waals surface area contributed by atoms with E-state index >= 15 is 0 Å². The van der Waals surface area contributed by atoms with Gasteiger partial charge in [0.1, 0.15) is 23.7 Å². The van der Waals surface area contributed by atoms with Crippen LogP contribution in [-0.2, 0) is 25.4 Å². The summed E-state index contributed by atoms with van der Waals surface area (Å²) in [6.07, 6.45) is 1.78. The van der Waals surface area contributed by atoms with E-state index in [-0.39, 0.29) is 30.2 Å². The highest BCUT2D eigenvalue weighted by atomic mass is 16.5. The number of hydrogen-bond donors (Lipinski definition) is 2. The molecule has 3 aromatic rings. The van der Waals surface area contributed by atoms with Crippen molar-refractivity contribution in [1.29, 1.82) is 0 Å². The zero-order chi connectivity index (χ0) is 19.1. The maximum Gasteiger partial charge on any atom is 0.332 e. The lowest BCUT2D eigenvalue weighted by Gasteiger charge is -2.17. The van der Waals surface area contributed by atoms with Crippen LogP contribution in [0.4, 0.5) is 0 Å². The highest BCUT2D eigenvalue weighted by molar-refractivity contribution is 5.99. The predicted molar refractivity (Wildman–Crippen MR) is 98.3 cm³/mol. The number of para-hydroxylation sites is 1. The second kappa shape index (κ2) is 6.27. The molecule has 0 saturated carbocycles. The number of fused-ring (bicyclic) bond motifs is 2. The van der Waals surface area contributed by atoms with E-state index in [0.717, 1.165) is 15.9 Å². The van der Waals surface area contributed by atoms with Crippen molar-refractivity contribution in [3.63, 3.8) is 0 Å². The molecule has 27 heavy (non-hydrogen) atoms. The van der Waals surface area contributed by atoms with E-state index in [1.165, 1.54) is 18.7 Å². The molecule has 1 amide bonds. The Morgan fingerprint density at radius 1 is 1.26 bits per heavy atom. The van der Waals surface area contributed by atoms with Crippen molar-refractivity contribution >= 4 is 23.1 Å². The van der Waals surface area contributed by atoms with Crippen molar-refractivity contribution in [2.75, 3.05) is 6.61 Å². The first-order valence-corrected chi connectivity index (χ1v) is 8.31. The molecule has 0 unspecified atom stereocenters. The average Bonchev–Trinajstić information content (AvgIpc) is 3.13. The van der Waals surface area contributed by atoms with Crippen LogP contribution in [-0.4, -0.2) is 31.6 Å². The summed E-state index contributed by atoms with van der Waals surface area (Å²) < 4.78 is 7.87. The first kappa shape index (κ1) is 16.8. The third kappa shape index (κ3) is 2.82. The number of carbonyl (C=O) groups is 1. The number of aromatic amines is 1. The van der Waals surface area contributed by atoms with Gasteiger partial charge in [0, 0.05) is 19.7 Å². The number of ether oxygens (including phenoxy) is 1. The number of nitrogens with zero attached hydrogens (tertiary/aromatic N) is 3. The molecule has 0 bridgehead atoms. The molecule has 2 N–H and O–H groups in total. The zero-order valence-electron chi connectivity index (χ0n) is 14.8. The summed E-state index contributed by atoms with van der Waals surface area (Å²) in [4.78, 5) is 43.7. The van der Waals surface area contributed by atoms with Gasteiger partial charge in [0.2, 0.25) is 0 Å². The minimum atomic E-state index is -0.460. The van der Waals surface area contributed by atoms with Gasteiger partial charge in [-0.3, -0.25) is 18.7 Å². The summed E-state index contributed by atoms with van der Waals surface area (Å²) in [6.45, 7) is 0.266. The molecule has 0 saturated heterocycles. The van der Waals surface area contributed by atoms with Gasteiger partial charge in [-0.2, -0.15) is 0 Å². The Balaban J connectivity index is 1.56. The Hall–Kier alpha value is -3.62. The molecule has 1 aliphatic heterocycles. The summed E-state index contributed by atoms with van der Waals surface area (Å²) >= 11 is 0. The Labute approximate surface area is 152 Å². The van der Waals surface area contributed by atoms with Crippen molar-refractivity contribution < 1.29 is 9.53 Å². The van der Waals surface area contributed by atoms with E-state index in [4.69, 9.17) is 4.74 Å². The monoisotopic (exact) mass is 367 g/mol. The Morgan fingerprint density at radius 3 is 2.85 bits per heavy atom. The fraction of sp³-hybridized carbons (Fsp3) is 0.222. The lowest BCUT2D eigenvalue weighted by Crippen LogP contribution is -2.36. The molecule has 2 aromatic heterocycles. The van der Waals surface area contributed by atoms with Gasteiger partial charge in [-0.05, 0) is 12.1 Å². The van der Waals surface area contributed by atoms with Gasteiger partial charge in [0.25, 0.3) is 11.5 Å². The van der Waals surface area contributed by atoms with E-state index in [0.29, 0.717) is 11.4 Å². The molecule has 9 heteroatoms. The molecule has 0 spiro atoms. The topological polar surface area (TPSA) is 111 Å². The van der Waals surface area contributed by atoms with Crippen LogP contribution in [0.5, 0.6) is 5.75 Å². The second-order valence-corrected chi connectivity index (χ2v) is 6.27. The van der Waals surface area contributed by atoms with E-state index in [2.05, 4.69) is 15.3 Å². The molecule has 0 aliphatic carbocycles. The molecular formula is C18H17N5O4. The number of carbonyl (C=O) groups excluding carboxylic acids is 1. The van der Waals surface area contributed by atoms with Crippen LogP contribution in [0.2, 0.25) is 0 Å². The molecule has 1 aliphatic rings.